The lowest BCUT2D eigenvalue weighted by Crippen LogP contribution is -2.17. The van der Waals surface area contributed by atoms with Gasteiger partial charge in [0, 0.05) is 6.04 Å². The molecule has 6 heteroatoms. The van der Waals surface area contributed by atoms with Crippen molar-refractivity contribution in [3.8, 4) is 5.75 Å². The Bertz CT molecular complexity index is 640. The first-order chi connectivity index (χ1) is 11.2. The van der Waals surface area contributed by atoms with E-state index in [1.54, 1.807) is 6.20 Å². The van der Waals surface area contributed by atoms with Crippen molar-refractivity contribution >= 4 is 17.5 Å². The highest BCUT2D eigenvalue weighted by atomic mass is 16.5. The maximum atomic E-state index is 5.81. The highest BCUT2D eigenvalue weighted by Gasteiger charge is 2.16. The number of hydrogen-bond acceptors (Lipinski definition) is 6. The van der Waals surface area contributed by atoms with E-state index in [2.05, 4.69) is 25.8 Å². The standard InChI is InChI=1S/C17H23N5O/c1-12(2)23-15-10-6-5-9-14(15)20-16-11-18-22-17(21-16)19-13-7-3-4-8-13/h5-6,9-13H,3-4,7-8H2,1-2H3,(H2,19,20,21,22). The maximum absolute atomic E-state index is 5.81. The van der Waals surface area contributed by atoms with Crippen molar-refractivity contribution in [2.75, 3.05) is 10.6 Å². The van der Waals surface area contributed by atoms with Crippen LogP contribution in [0.5, 0.6) is 5.75 Å². The van der Waals surface area contributed by atoms with Crippen molar-refractivity contribution in [2.24, 2.45) is 0 Å². The predicted molar refractivity (Wildman–Crippen MR) is 91.2 cm³/mol. The Kier molecular flexibility index (Phi) is 4.90. The second kappa shape index (κ2) is 7.26. The molecule has 0 unspecified atom stereocenters. The predicted octanol–water partition coefficient (Wildman–Crippen LogP) is 3.76. The summed E-state index contributed by atoms with van der Waals surface area (Å²) in [5.41, 5.74) is 0.869. The van der Waals surface area contributed by atoms with E-state index in [9.17, 15) is 0 Å². The zero-order valence-electron chi connectivity index (χ0n) is 13.6. The third kappa shape index (κ3) is 4.31. The van der Waals surface area contributed by atoms with Crippen molar-refractivity contribution in [1.82, 2.24) is 15.2 Å². The number of anilines is 3. The maximum Gasteiger partial charge on any atom is 0.244 e. The van der Waals surface area contributed by atoms with Gasteiger partial charge in [0.1, 0.15) is 5.75 Å². The van der Waals surface area contributed by atoms with Gasteiger partial charge in [0.05, 0.1) is 18.0 Å². The van der Waals surface area contributed by atoms with Crippen LogP contribution in [0.4, 0.5) is 17.5 Å². The first-order valence-electron chi connectivity index (χ1n) is 8.19. The molecule has 0 radical (unpaired) electrons. The topological polar surface area (TPSA) is 72.0 Å². The van der Waals surface area contributed by atoms with Crippen LogP contribution >= 0.6 is 0 Å². The van der Waals surface area contributed by atoms with Crippen molar-refractivity contribution in [3.63, 3.8) is 0 Å². The molecule has 0 spiro atoms. The smallest absolute Gasteiger partial charge is 0.244 e. The largest absolute Gasteiger partial charge is 0.489 e. The van der Waals surface area contributed by atoms with Crippen LogP contribution in [0.2, 0.25) is 0 Å². The fraction of sp³-hybridized carbons (Fsp3) is 0.471. The molecule has 2 N–H and O–H groups in total. The molecule has 0 bridgehead atoms. The van der Waals surface area contributed by atoms with Gasteiger partial charge in [-0.3, -0.25) is 0 Å². The van der Waals surface area contributed by atoms with Crippen LogP contribution in [0.15, 0.2) is 30.5 Å². The van der Waals surface area contributed by atoms with Crippen molar-refractivity contribution < 1.29 is 4.74 Å². The van der Waals surface area contributed by atoms with Gasteiger partial charge in [0.25, 0.3) is 0 Å². The quantitative estimate of drug-likeness (QED) is 0.846. The van der Waals surface area contributed by atoms with Gasteiger partial charge in [-0.1, -0.05) is 25.0 Å². The van der Waals surface area contributed by atoms with E-state index >= 15 is 0 Å². The zero-order valence-corrected chi connectivity index (χ0v) is 13.6. The number of nitrogens with zero attached hydrogens (tertiary/aromatic N) is 3. The molecule has 122 valence electrons. The molecule has 1 aliphatic rings. The van der Waals surface area contributed by atoms with Crippen LogP contribution in [0, 0.1) is 0 Å². The average Bonchev–Trinajstić information content (AvgIpc) is 3.02. The fourth-order valence-electron chi connectivity index (χ4n) is 2.74. The molecule has 1 heterocycles. The minimum Gasteiger partial charge on any atom is -0.489 e. The number of nitrogens with one attached hydrogen (secondary N) is 2. The lowest BCUT2D eigenvalue weighted by atomic mass is 10.2. The summed E-state index contributed by atoms with van der Waals surface area (Å²) in [7, 11) is 0. The lowest BCUT2D eigenvalue weighted by Gasteiger charge is -2.15. The van der Waals surface area contributed by atoms with Gasteiger partial charge in [0.2, 0.25) is 5.95 Å². The van der Waals surface area contributed by atoms with Gasteiger partial charge >= 0.3 is 0 Å². The second-order valence-electron chi connectivity index (χ2n) is 6.08. The van der Waals surface area contributed by atoms with E-state index in [1.807, 2.05) is 38.1 Å². The lowest BCUT2D eigenvalue weighted by molar-refractivity contribution is 0.244. The van der Waals surface area contributed by atoms with Crippen molar-refractivity contribution in [2.45, 2.75) is 51.7 Å². The Morgan fingerprint density at radius 1 is 1.17 bits per heavy atom. The monoisotopic (exact) mass is 313 g/mol. The van der Waals surface area contributed by atoms with Crippen LogP contribution < -0.4 is 15.4 Å². The number of para-hydroxylation sites is 2. The Morgan fingerprint density at radius 3 is 2.74 bits per heavy atom. The van der Waals surface area contributed by atoms with E-state index in [-0.39, 0.29) is 6.10 Å². The zero-order chi connectivity index (χ0) is 16.1. The van der Waals surface area contributed by atoms with Crippen LogP contribution in [0.1, 0.15) is 39.5 Å². The van der Waals surface area contributed by atoms with Crippen molar-refractivity contribution in [1.29, 1.82) is 0 Å². The molecular formula is C17H23N5O. The highest BCUT2D eigenvalue weighted by Crippen LogP contribution is 2.27. The van der Waals surface area contributed by atoms with Gasteiger partial charge in [0.15, 0.2) is 5.82 Å². The van der Waals surface area contributed by atoms with E-state index in [0.29, 0.717) is 17.8 Å². The average molecular weight is 313 g/mol. The van der Waals surface area contributed by atoms with E-state index in [4.69, 9.17) is 4.74 Å². The molecule has 6 nitrogen and oxygen atoms in total. The van der Waals surface area contributed by atoms with Gasteiger partial charge < -0.3 is 15.4 Å². The third-order valence-corrected chi connectivity index (χ3v) is 3.76. The summed E-state index contributed by atoms with van der Waals surface area (Å²) in [4.78, 5) is 4.50. The number of aromatic nitrogens is 3. The summed E-state index contributed by atoms with van der Waals surface area (Å²) >= 11 is 0. The molecular weight excluding hydrogens is 290 g/mol. The summed E-state index contributed by atoms with van der Waals surface area (Å²) in [6.45, 7) is 4.01. The van der Waals surface area contributed by atoms with Crippen molar-refractivity contribution in [3.05, 3.63) is 30.5 Å². The molecule has 2 aromatic rings. The first-order valence-corrected chi connectivity index (χ1v) is 8.19. The molecule has 3 rings (SSSR count). The normalized spacial score (nSPS) is 14.9. The summed E-state index contributed by atoms with van der Waals surface area (Å²) < 4.78 is 5.81. The SMILES string of the molecule is CC(C)Oc1ccccc1Nc1cnnc(NC2CCCC2)n1. The molecule has 1 aromatic heterocycles. The van der Waals surface area contributed by atoms with E-state index in [1.165, 1.54) is 25.7 Å². The molecule has 23 heavy (non-hydrogen) atoms. The highest BCUT2D eigenvalue weighted by molar-refractivity contribution is 5.64. The van der Waals surface area contributed by atoms with Gasteiger partial charge in [-0.15, -0.1) is 5.10 Å². The number of hydrogen-bond donors (Lipinski definition) is 2. The first kappa shape index (κ1) is 15.5. The summed E-state index contributed by atoms with van der Waals surface area (Å²) in [6.07, 6.45) is 6.61. The third-order valence-electron chi connectivity index (χ3n) is 3.76. The molecule has 1 aliphatic carbocycles. The number of benzene rings is 1. The van der Waals surface area contributed by atoms with Crippen LogP contribution in [0.3, 0.4) is 0 Å². The van der Waals surface area contributed by atoms with E-state index in [0.717, 1.165) is 11.4 Å². The molecule has 1 saturated carbocycles. The Hall–Kier alpha value is -2.37. The molecule has 0 saturated heterocycles. The summed E-state index contributed by atoms with van der Waals surface area (Å²) in [5, 5.41) is 14.7. The Balaban J connectivity index is 1.72. The molecule has 0 amide bonds. The minimum absolute atomic E-state index is 0.112. The minimum atomic E-state index is 0.112. The fourth-order valence-corrected chi connectivity index (χ4v) is 2.74. The molecule has 1 aromatic carbocycles. The van der Waals surface area contributed by atoms with Gasteiger partial charge in [-0.2, -0.15) is 10.1 Å². The van der Waals surface area contributed by atoms with Crippen LogP contribution in [-0.4, -0.2) is 27.3 Å². The molecule has 1 fully saturated rings. The summed E-state index contributed by atoms with van der Waals surface area (Å²) in [5.74, 6) is 2.02. The number of ether oxygens (including phenoxy) is 1. The van der Waals surface area contributed by atoms with Gasteiger partial charge in [-0.25, -0.2) is 0 Å². The Morgan fingerprint density at radius 2 is 1.96 bits per heavy atom. The Labute approximate surface area is 136 Å². The van der Waals surface area contributed by atoms with Crippen LogP contribution in [-0.2, 0) is 0 Å². The van der Waals surface area contributed by atoms with Gasteiger partial charge in [-0.05, 0) is 38.8 Å². The molecule has 0 aliphatic heterocycles. The summed E-state index contributed by atoms with van der Waals surface area (Å²) in [6, 6.07) is 8.28. The second-order valence-corrected chi connectivity index (χ2v) is 6.08. The van der Waals surface area contributed by atoms with Crippen LogP contribution in [0.25, 0.3) is 0 Å². The number of rotatable bonds is 6. The molecule has 0 atom stereocenters. The van der Waals surface area contributed by atoms with E-state index < -0.39 is 0 Å².